The van der Waals surface area contributed by atoms with Crippen LogP contribution in [0.1, 0.15) is 45.8 Å². The maximum Gasteiger partial charge on any atom is 0.164 e. The van der Waals surface area contributed by atoms with Crippen molar-refractivity contribution in [2.75, 3.05) is 0 Å². The molecule has 1 nitrogen and oxygen atoms in total. The van der Waals surface area contributed by atoms with Gasteiger partial charge in [-0.15, -0.1) is 11.3 Å². The zero-order valence-corrected chi connectivity index (χ0v) is 9.62. The van der Waals surface area contributed by atoms with Gasteiger partial charge < -0.3 is 0 Å². The second-order valence-electron chi connectivity index (χ2n) is 4.25. The van der Waals surface area contributed by atoms with E-state index >= 15 is 0 Å². The summed E-state index contributed by atoms with van der Waals surface area (Å²) in [5, 5.41) is 0. The van der Waals surface area contributed by atoms with Crippen LogP contribution >= 0.6 is 11.3 Å². The number of ketones is 1. The van der Waals surface area contributed by atoms with E-state index in [1.54, 1.807) is 11.3 Å². The average molecular weight is 208 g/mol. The standard InChI is InChI=1S/C12H16OS/c1-8-6-11(9(2)14-8)12(13)7-10-4-3-5-10/h6,10H,3-5,7H2,1-2H3. The van der Waals surface area contributed by atoms with E-state index in [9.17, 15) is 4.79 Å². The minimum absolute atomic E-state index is 0.358. The SMILES string of the molecule is Cc1cc(C(=O)CC2CCC2)c(C)s1. The molecule has 1 heterocycles. The smallest absolute Gasteiger partial charge is 0.164 e. The van der Waals surface area contributed by atoms with Gasteiger partial charge in [-0.1, -0.05) is 19.3 Å². The molecule has 0 atom stereocenters. The molecule has 1 saturated carbocycles. The van der Waals surface area contributed by atoms with Crippen LogP contribution in [0.4, 0.5) is 0 Å². The van der Waals surface area contributed by atoms with Gasteiger partial charge in [-0.2, -0.15) is 0 Å². The summed E-state index contributed by atoms with van der Waals surface area (Å²) < 4.78 is 0. The van der Waals surface area contributed by atoms with Crippen molar-refractivity contribution >= 4 is 17.1 Å². The van der Waals surface area contributed by atoms with Gasteiger partial charge in [0.15, 0.2) is 5.78 Å². The van der Waals surface area contributed by atoms with Crippen LogP contribution in [0.25, 0.3) is 0 Å². The molecule has 14 heavy (non-hydrogen) atoms. The third-order valence-corrected chi connectivity index (χ3v) is 4.01. The molecule has 1 aliphatic carbocycles. The third-order valence-electron chi connectivity index (χ3n) is 3.04. The molecule has 0 radical (unpaired) electrons. The zero-order chi connectivity index (χ0) is 10.1. The van der Waals surface area contributed by atoms with Crippen molar-refractivity contribution in [3.63, 3.8) is 0 Å². The number of thiophene rings is 1. The molecule has 1 fully saturated rings. The van der Waals surface area contributed by atoms with Crippen molar-refractivity contribution in [3.05, 3.63) is 21.4 Å². The van der Waals surface area contributed by atoms with Crippen LogP contribution in [0, 0.1) is 19.8 Å². The molecule has 2 rings (SSSR count). The van der Waals surface area contributed by atoms with E-state index in [1.807, 2.05) is 13.0 Å². The van der Waals surface area contributed by atoms with Crippen molar-refractivity contribution in [2.24, 2.45) is 5.92 Å². The Morgan fingerprint density at radius 1 is 1.50 bits per heavy atom. The van der Waals surface area contributed by atoms with Gasteiger partial charge in [-0.05, 0) is 25.8 Å². The van der Waals surface area contributed by atoms with Gasteiger partial charge in [0, 0.05) is 21.7 Å². The number of hydrogen-bond donors (Lipinski definition) is 0. The summed E-state index contributed by atoms with van der Waals surface area (Å²) in [6.07, 6.45) is 4.61. The monoisotopic (exact) mass is 208 g/mol. The van der Waals surface area contributed by atoms with Crippen LogP contribution in [-0.4, -0.2) is 5.78 Å². The molecule has 0 spiro atoms. The van der Waals surface area contributed by atoms with E-state index in [2.05, 4.69) is 6.92 Å². The van der Waals surface area contributed by atoms with Gasteiger partial charge >= 0.3 is 0 Å². The van der Waals surface area contributed by atoms with Crippen LogP contribution in [0.3, 0.4) is 0 Å². The minimum Gasteiger partial charge on any atom is -0.294 e. The predicted molar refractivity (Wildman–Crippen MR) is 60.1 cm³/mol. The van der Waals surface area contributed by atoms with Crippen molar-refractivity contribution in [2.45, 2.75) is 39.5 Å². The Balaban J connectivity index is 2.06. The lowest BCUT2D eigenvalue weighted by atomic mass is 9.81. The van der Waals surface area contributed by atoms with Gasteiger partial charge in [0.2, 0.25) is 0 Å². The first kappa shape index (κ1) is 9.91. The van der Waals surface area contributed by atoms with Crippen molar-refractivity contribution in [1.29, 1.82) is 0 Å². The Kier molecular flexibility index (Phi) is 2.73. The molecule has 0 N–H and O–H groups in total. The summed E-state index contributed by atoms with van der Waals surface area (Å²) in [7, 11) is 0. The van der Waals surface area contributed by atoms with E-state index in [1.165, 1.54) is 29.0 Å². The molecule has 1 aliphatic rings. The van der Waals surface area contributed by atoms with Crippen molar-refractivity contribution in [3.8, 4) is 0 Å². The Labute approximate surface area is 89.1 Å². The molecule has 1 aromatic heterocycles. The lowest BCUT2D eigenvalue weighted by Gasteiger charge is -2.24. The second-order valence-corrected chi connectivity index (χ2v) is 5.71. The first-order chi connectivity index (χ1) is 6.66. The fraction of sp³-hybridized carbons (Fsp3) is 0.583. The molecule has 0 aliphatic heterocycles. The number of aryl methyl sites for hydroxylation is 2. The Morgan fingerprint density at radius 2 is 2.21 bits per heavy atom. The highest BCUT2D eigenvalue weighted by atomic mass is 32.1. The number of carbonyl (C=O) groups excluding carboxylic acids is 1. The fourth-order valence-corrected chi connectivity index (χ4v) is 2.92. The summed E-state index contributed by atoms with van der Waals surface area (Å²) in [6.45, 7) is 4.11. The highest BCUT2D eigenvalue weighted by Crippen LogP contribution is 2.32. The van der Waals surface area contributed by atoms with Gasteiger partial charge in [0.1, 0.15) is 0 Å². The van der Waals surface area contributed by atoms with Gasteiger partial charge in [-0.3, -0.25) is 4.79 Å². The number of rotatable bonds is 3. The Morgan fingerprint density at radius 3 is 2.64 bits per heavy atom. The lowest BCUT2D eigenvalue weighted by molar-refractivity contribution is 0.0936. The predicted octanol–water partition coefficient (Wildman–Crippen LogP) is 3.74. The summed E-state index contributed by atoms with van der Waals surface area (Å²) in [5.41, 5.74) is 0.972. The molecule has 0 bridgehead atoms. The summed E-state index contributed by atoms with van der Waals surface area (Å²) >= 11 is 1.73. The molecule has 0 amide bonds. The summed E-state index contributed by atoms with van der Waals surface area (Å²) in [5.74, 6) is 1.04. The normalized spacial score (nSPS) is 16.7. The molecular weight excluding hydrogens is 192 g/mol. The highest BCUT2D eigenvalue weighted by molar-refractivity contribution is 7.12. The first-order valence-electron chi connectivity index (χ1n) is 5.27. The molecular formula is C12H16OS. The average Bonchev–Trinajstić information content (AvgIpc) is 2.37. The number of Topliss-reactive ketones (excluding diaryl/α,β-unsaturated/α-hetero) is 1. The van der Waals surface area contributed by atoms with Crippen molar-refractivity contribution in [1.82, 2.24) is 0 Å². The minimum atomic E-state index is 0.358. The fourth-order valence-electron chi connectivity index (χ4n) is 1.98. The first-order valence-corrected chi connectivity index (χ1v) is 6.08. The molecule has 0 unspecified atom stereocenters. The van der Waals surface area contributed by atoms with Crippen LogP contribution in [-0.2, 0) is 0 Å². The Bertz CT molecular complexity index is 347. The van der Waals surface area contributed by atoms with Crippen LogP contribution < -0.4 is 0 Å². The highest BCUT2D eigenvalue weighted by Gasteiger charge is 2.22. The molecule has 0 saturated heterocycles. The quantitative estimate of drug-likeness (QED) is 0.692. The molecule has 76 valence electrons. The summed E-state index contributed by atoms with van der Waals surface area (Å²) in [4.78, 5) is 14.3. The maximum absolute atomic E-state index is 11.9. The van der Waals surface area contributed by atoms with E-state index in [0.717, 1.165) is 12.0 Å². The third kappa shape index (κ3) is 1.90. The zero-order valence-electron chi connectivity index (χ0n) is 8.80. The molecule has 1 aromatic rings. The van der Waals surface area contributed by atoms with Crippen molar-refractivity contribution < 1.29 is 4.79 Å². The molecule has 0 aromatic carbocycles. The van der Waals surface area contributed by atoms with Gasteiger partial charge in [-0.25, -0.2) is 0 Å². The maximum atomic E-state index is 11.9. The van der Waals surface area contributed by atoms with E-state index < -0.39 is 0 Å². The summed E-state index contributed by atoms with van der Waals surface area (Å²) in [6, 6.07) is 2.04. The van der Waals surface area contributed by atoms with E-state index in [0.29, 0.717) is 11.7 Å². The van der Waals surface area contributed by atoms with Crippen LogP contribution in [0.5, 0.6) is 0 Å². The van der Waals surface area contributed by atoms with E-state index in [-0.39, 0.29) is 0 Å². The second kappa shape index (κ2) is 3.85. The van der Waals surface area contributed by atoms with E-state index in [4.69, 9.17) is 0 Å². The van der Waals surface area contributed by atoms with Gasteiger partial charge in [0.25, 0.3) is 0 Å². The van der Waals surface area contributed by atoms with Crippen LogP contribution in [0.15, 0.2) is 6.07 Å². The van der Waals surface area contributed by atoms with Crippen LogP contribution in [0.2, 0.25) is 0 Å². The largest absolute Gasteiger partial charge is 0.294 e. The lowest BCUT2D eigenvalue weighted by Crippen LogP contribution is -2.15. The molecule has 2 heteroatoms. The number of hydrogen-bond acceptors (Lipinski definition) is 2. The van der Waals surface area contributed by atoms with Gasteiger partial charge in [0.05, 0.1) is 0 Å². The Hall–Kier alpha value is -0.630. The topological polar surface area (TPSA) is 17.1 Å². The number of carbonyl (C=O) groups is 1.